The summed E-state index contributed by atoms with van der Waals surface area (Å²) in [5.41, 5.74) is 2.81. The zero-order valence-corrected chi connectivity index (χ0v) is 11.9. The van der Waals surface area contributed by atoms with Crippen LogP contribution in [0.5, 0.6) is 0 Å². The molecule has 0 aliphatic heterocycles. The highest BCUT2D eigenvalue weighted by atomic mass is 35.5. The number of hydrogen-bond acceptors (Lipinski definition) is 2. The molecule has 1 heterocycles. The van der Waals surface area contributed by atoms with Crippen molar-refractivity contribution in [2.24, 2.45) is 0 Å². The quantitative estimate of drug-likeness (QED) is 0.779. The third kappa shape index (κ3) is 3.23. The van der Waals surface area contributed by atoms with Gasteiger partial charge in [0.15, 0.2) is 0 Å². The number of nitrogens with zero attached hydrogens (tertiary/aromatic N) is 2. The lowest BCUT2D eigenvalue weighted by Gasteiger charge is -2.09. The van der Waals surface area contributed by atoms with Crippen molar-refractivity contribution < 1.29 is 4.39 Å². The summed E-state index contributed by atoms with van der Waals surface area (Å²) in [6.45, 7) is 0.542. The van der Waals surface area contributed by atoms with Gasteiger partial charge in [-0.2, -0.15) is 5.10 Å². The molecule has 0 fully saturated rings. The lowest BCUT2D eigenvalue weighted by Crippen LogP contribution is -2.01. The van der Waals surface area contributed by atoms with E-state index in [0.29, 0.717) is 11.6 Å². The van der Waals surface area contributed by atoms with Gasteiger partial charge >= 0.3 is 0 Å². The summed E-state index contributed by atoms with van der Waals surface area (Å²) in [5, 5.41) is 7.86. The van der Waals surface area contributed by atoms with E-state index >= 15 is 0 Å². The topological polar surface area (TPSA) is 29.9 Å². The van der Waals surface area contributed by atoms with Gasteiger partial charge in [0.1, 0.15) is 5.82 Å². The van der Waals surface area contributed by atoms with Crippen LogP contribution in [0.15, 0.2) is 60.9 Å². The van der Waals surface area contributed by atoms with Crippen molar-refractivity contribution in [3.63, 3.8) is 0 Å². The Morgan fingerprint density at radius 2 is 1.95 bits per heavy atom. The van der Waals surface area contributed by atoms with E-state index in [1.165, 1.54) is 12.1 Å². The Labute approximate surface area is 127 Å². The Morgan fingerprint density at radius 1 is 1.14 bits per heavy atom. The maximum Gasteiger partial charge on any atom is 0.124 e. The molecule has 0 saturated carbocycles. The molecule has 0 aliphatic carbocycles. The minimum atomic E-state index is -0.327. The molecule has 2 aromatic carbocycles. The van der Waals surface area contributed by atoms with Crippen molar-refractivity contribution in [1.82, 2.24) is 9.78 Å². The highest BCUT2D eigenvalue weighted by Gasteiger charge is 2.02. The molecule has 1 N–H and O–H groups in total. The first kappa shape index (κ1) is 13.6. The summed E-state index contributed by atoms with van der Waals surface area (Å²) in [7, 11) is 0. The van der Waals surface area contributed by atoms with Gasteiger partial charge in [0.2, 0.25) is 0 Å². The lowest BCUT2D eigenvalue weighted by molar-refractivity contribution is 0.627. The molecular weight excluding hydrogens is 289 g/mol. The zero-order valence-electron chi connectivity index (χ0n) is 11.1. The second kappa shape index (κ2) is 5.97. The van der Waals surface area contributed by atoms with E-state index in [1.54, 1.807) is 16.9 Å². The fourth-order valence-corrected chi connectivity index (χ4v) is 2.25. The van der Waals surface area contributed by atoms with E-state index in [4.69, 9.17) is 11.6 Å². The Morgan fingerprint density at radius 3 is 2.62 bits per heavy atom. The molecule has 0 radical (unpaired) electrons. The molecule has 0 bridgehead atoms. The van der Waals surface area contributed by atoms with Crippen LogP contribution in [0.1, 0.15) is 5.56 Å². The van der Waals surface area contributed by atoms with Gasteiger partial charge in [-0.3, -0.25) is 0 Å². The predicted octanol–water partition coefficient (Wildman–Crippen LogP) is 4.28. The number of nitrogens with one attached hydrogen (secondary N) is 1. The summed E-state index contributed by atoms with van der Waals surface area (Å²) < 4.78 is 14.8. The minimum Gasteiger partial charge on any atom is -0.381 e. The van der Waals surface area contributed by atoms with Crippen molar-refractivity contribution in [1.29, 1.82) is 0 Å². The normalized spacial score (nSPS) is 10.6. The summed E-state index contributed by atoms with van der Waals surface area (Å²) in [5.74, 6) is -0.327. The first-order valence-corrected chi connectivity index (χ1v) is 6.88. The lowest BCUT2D eigenvalue weighted by atomic mass is 10.2. The molecule has 1 aromatic heterocycles. The Kier molecular flexibility index (Phi) is 3.88. The third-order valence-electron chi connectivity index (χ3n) is 3.13. The van der Waals surface area contributed by atoms with Crippen molar-refractivity contribution in [2.45, 2.75) is 6.54 Å². The molecule has 5 heteroatoms. The van der Waals surface area contributed by atoms with Crippen LogP contribution in [0.4, 0.5) is 10.1 Å². The molecule has 0 unspecified atom stereocenters. The van der Waals surface area contributed by atoms with Gasteiger partial charge in [-0.05, 0) is 48.0 Å². The first-order valence-electron chi connectivity index (χ1n) is 6.50. The third-order valence-corrected chi connectivity index (χ3v) is 3.49. The van der Waals surface area contributed by atoms with Gasteiger partial charge in [0, 0.05) is 29.6 Å². The van der Waals surface area contributed by atoms with Gasteiger partial charge in [0.05, 0.1) is 5.69 Å². The second-order valence-corrected chi connectivity index (χ2v) is 4.99. The number of rotatable bonds is 4. The summed E-state index contributed by atoms with van der Waals surface area (Å²) in [4.78, 5) is 0. The van der Waals surface area contributed by atoms with E-state index in [1.807, 2.05) is 36.5 Å². The van der Waals surface area contributed by atoms with Crippen molar-refractivity contribution in [3.8, 4) is 5.69 Å². The van der Waals surface area contributed by atoms with Crippen LogP contribution in [0.3, 0.4) is 0 Å². The molecule has 3 aromatic rings. The highest BCUT2D eigenvalue weighted by molar-refractivity contribution is 6.31. The maximum absolute atomic E-state index is 13.0. The molecule has 3 nitrogen and oxygen atoms in total. The number of benzene rings is 2. The van der Waals surface area contributed by atoms with Crippen LogP contribution in [-0.2, 0) is 6.54 Å². The molecule has 0 spiro atoms. The maximum atomic E-state index is 13.0. The Balaban J connectivity index is 1.68. The van der Waals surface area contributed by atoms with Crippen LogP contribution >= 0.6 is 11.6 Å². The summed E-state index contributed by atoms with van der Waals surface area (Å²) in [6.07, 6.45) is 3.63. The van der Waals surface area contributed by atoms with Crippen LogP contribution in [0.2, 0.25) is 5.02 Å². The molecule has 0 saturated heterocycles. The predicted molar refractivity (Wildman–Crippen MR) is 82.3 cm³/mol. The molecule has 0 aliphatic rings. The van der Waals surface area contributed by atoms with E-state index in [0.717, 1.165) is 16.9 Å². The van der Waals surface area contributed by atoms with Gasteiger partial charge in [-0.1, -0.05) is 17.7 Å². The number of hydrogen-bond donors (Lipinski definition) is 1. The van der Waals surface area contributed by atoms with Crippen molar-refractivity contribution >= 4 is 17.3 Å². The summed E-state index contributed by atoms with van der Waals surface area (Å²) in [6, 6.07) is 14.2. The van der Waals surface area contributed by atoms with Crippen LogP contribution in [0.25, 0.3) is 5.69 Å². The van der Waals surface area contributed by atoms with E-state index in [-0.39, 0.29) is 5.82 Å². The van der Waals surface area contributed by atoms with Crippen LogP contribution in [-0.4, -0.2) is 9.78 Å². The van der Waals surface area contributed by atoms with E-state index in [9.17, 15) is 4.39 Å². The molecular formula is C16H13ClFN3. The van der Waals surface area contributed by atoms with Gasteiger partial charge in [-0.25, -0.2) is 9.07 Å². The SMILES string of the molecule is Fc1ccc(CNc2ccc(-n3cccn3)cc2)c(Cl)c1. The Bertz CT molecular complexity index is 724. The molecule has 0 atom stereocenters. The van der Waals surface area contributed by atoms with Crippen molar-refractivity contribution in [2.75, 3.05) is 5.32 Å². The largest absolute Gasteiger partial charge is 0.381 e. The van der Waals surface area contributed by atoms with Crippen LogP contribution in [0, 0.1) is 5.82 Å². The molecule has 3 rings (SSSR count). The number of halogens is 2. The average Bonchev–Trinajstić information content (AvgIpc) is 3.01. The standard InChI is InChI=1S/C16H13ClFN3/c17-16-10-13(18)3-2-12(16)11-19-14-4-6-15(7-5-14)21-9-1-8-20-21/h1-10,19H,11H2. The fraction of sp³-hybridized carbons (Fsp3) is 0.0625. The summed E-state index contributed by atoms with van der Waals surface area (Å²) >= 11 is 6.00. The van der Waals surface area contributed by atoms with Crippen molar-refractivity contribution in [3.05, 3.63) is 77.3 Å². The van der Waals surface area contributed by atoms with Gasteiger partial charge in [-0.15, -0.1) is 0 Å². The number of aromatic nitrogens is 2. The minimum absolute atomic E-state index is 0.327. The fourth-order valence-electron chi connectivity index (χ4n) is 2.02. The molecule has 0 amide bonds. The first-order chi connectivity index (χ1) is 10.2. The average molecular weight is 302 g/mol. The monoisotopic (exact) mass is 301 g/mol. The smallest absolute Gasteiger partial charge is 0.124 e. The zero-order chi connectivity index (χ0) is 14.7. The molecule has 106 valence electrons. The second-order valence-electron chi connectivity index (χ2n) is 4.59. The van der Waals surface area contributed by atoms with E-state index < -0.39 is 0 Å². The number of anilines is 1. The molecule has 21 heavy (non-hydrogen) atoms. The van der Waals surface area contributed by atoms with Crippen LogP contribution < -0.4 is 5.32 Å². The highest BCUT2D eigenvalue weighted by Crippen LogP contribution is 2.19. The van der Waals surface area contributed by atoms with Gasteiger partial charge in [0.25, 0.3) is 0 Å². The van der Waals surface area contributed by atoms with E-state index in [2.05, 4.69) is 10.4 Å². The Hall–Kier alpha value is -2.33. The van der Waals surface area contributed by atoms with Gasteiger partial charge < -0.3 is 5.32 Å².